The van der Waals surface area contributed by atoms with E-state index in [4.69, 9.17) is 4.74 Å². The van der Waals surface area contributed by atoms with Crippen LogP contribution in [0.5, 0.6) is 5.75 Å². The molecule has 0 aliphatic heterocycles. The molecule has 0 bridgehead atoms. The van der Waals surface area contributed by atoms with Gasteiger partial charge < -0.3 is 10.1 Å². The summed E-state index contributed by atoms with van der Waals surface area (Å²) < 4.78 is 7.33. The molecule has 0 atom stereocenters. The third-order valence-corrected chi connectivity index (χ3v) is 5.97. The maximum Gasteiger partial charge on any atom is 0.230 e. The average molecular weight is 445 g/mol. The second-order valence-corrected chi connectivity index (χ2v) is 8.14. The summed E-state index contributed by atoms with van der Waals surface area (Å²) in [7, 11) is 1.64. The molecule has 0 saturated heterocycles. The molecule has 162 valence electrons. The molecule has 0 aliphatic carbocycles. The number of carbonyl (C=O) groups excluding carboxylic acids is 1. The summed E-state index contributed by atoms with van der Waals surface area (Å²) in [4.78, 5) is 12.5. The number of nitrogens with zero attached hydrogens (tertiary/aromatic N) is 3. The molecule has 1 N–H and O–H groups in total. The van der Waals surface area contributed by atoms with Gasteiger partial charge >= 0.3 is 0 Å². The first kappa shape index (κ1) is 21.6. The summed E-state index contributed by atoms with van der Waals surface area (Å²) in [5.74, 6) is 1.63. The van der Waals surface area contributed by atoms with Crippen LogP contribution < -0.4 is 10.1 Å². The molecule has 6 nitrogen and oxygen atoms in total. The van der Waals surface area contributed by atoms with Crippen molar-refractivity contribution in [2.24, 2.45) is 0 Å². The number of hydrogen-bond donors (Lipinski definition) is 1. The van der Waals surface area contributed by atoms with Gasteiger partial charge in [0.25, 0.3) is 0 Å². The summed E-state index contributed by atoms with van der Waals surface area (Å²) in [5, 5.41) is 12.5. The molecule has 3 aromatic carbocycles. The van der Waals surface area contributed by atoms with Crippen LogP contribution >= 0.6 is 11.8 Å². The Bertz CT molecular complexity index is 1210. The van der Waals surface area contributed by atoms with E-state index in [1.807, 2.05) is 90.4 Å². The molecule has 0 spiro atoms. The van der Waals surface area contributed by atoms with E-state index >= 15 is 0 Å². The number of nitrogens with one attached hydrogen (secondary N) is 1. The SMILES string of the molecule is COc1cccc(-c2nnc(SCC(=O)NCc3ccccc3C)n2-c2ccccc2)c1. The van der Waals surface area contributed by atoms with Crippen LogP contribution in [-0.4, -0.2) is 33.5 Å². The van der Waals surface area contributed by atoms with Crippen molar-refractivity contribution in [2.45, 2.75) is 18.6 Å². The zero-order valence-electron chi connectivity index (χ0n) is 18.0. The third kappa shape index (κ3) is 5.00. The number of aryl methyl sites for hydroxylation is 1. The highest BCUT2D eigenvalue weighted by Gasteiger charge is 2.17. The normalized spacial score (nSPS) is 10.7. The molecule has 1 amide bonds. The van der Waals surface area contributed by atoms with Gasteiger partial charge in [0, 0.05) is 17.8 Å². The lowest BCUT2D eigenvalue weighted by molar-refractivity contribution is -0.118. The highest BCUT2D eigenvalue weighted by molar-refractivity contribution is 7.99. The Labute approximate surface area is 191 Å². The Kier molecular flexibility index (Phi) is 6.87. The van der Waals surface area contributed by atoms with Gasteiger partial charge in [0.05, 0.1) is 12.9 Å². The predicted molar refractivity (Wildman–Crippen MR) is 127 cm³/mol. The predicted octanol–water partition coefficient (Wildman–Crippen LogP) is 4.66. The van der Waals surface area contributed by atoms with E-state index in [0.29, 0.717) is 17.5 Å². The van der Waals surface area contributed by atoms with E-state index in [-0.39, 0.29) is 11.7 Å². The van der Waals surface area contributed by atoms with E-state index in [9.17, 15) is 4.79 Å². The molecular formula is C25H24N4O2S. The molecule has 0 fully saturated rings. The minimum Gasteiger partial charge on any atom is -0.497 e. The quantitative estimate of drug-likeness (QED) is 0.400. The first-order chi connectivity index (χ1) is 15.7. The topological polar surface area (TPSA) is 69.0 Å². The number of carbonyl (C=O) groups is 1. The Morgan fingerprint density at radius 2 is 1.78 bits per heavy atom. The fourth-order valence-corrected chi connectivity index (χ4v) is 4.09. The number of benzene rings is 3. The Hall–Kier alpha value is -3.58. The van der Waals surface area contributed by atoms with Gasteiger partial charge in [-0.15, -0.1) is 10.2 Å². The number of hydrogen-bond acceptors (Lipinski definition) is 5. The number of aromatic nitrogens is 3. The van der Waals surface area contributed by atoms with Crippen LogP contribution in [0.2, 0.25) is 0 Å². The van der Waals surface area contributed by atoms with Gasteiger partial charge in [0.15, 0.2) is 11.0 Å². The number of amides is 1. The molecule has 0 radical (unpaired) electrons. The monoisotopic (exact) mass is 444 g/mol. The van der Waals surface area contributed by atoms with E-state index in [1.54, 1.807) is 7.11 Å². The molecule has 32 heavy (non-hydrogen) atoms. The number of para-hydroxylation sites is 1. The van der Waals surface area contributed by atoms with Gasteiger partial charge in [-0.2, -0.15) is 0 Å². The third-order valence-electron chi connectivity index (χ3n) is 5.05. The van der Waals surface area contributed by atoms with E-state index in [0.717, 1.165) is 28.1 Å². The molecule has 0 saturated carbocycles. The highest BCUT2D eigenvalue weighted by Crippen LogP contribution is 2.29. The summed E-state index contributed by atoms with van der Waals surface area (Å²) in [6, 6.07) is 25.6. The Balaban J connectivity index is 1.54. The smallest absolute Gasteiger partial charge is 0.230 e. The average Bonchev–Trinajstić information content (AvgIpc) is 3.27. The van der Waals surface area contributed by atoms with Crippen molar-refractivity contribution in [2.75, 3.05) is 12.9 Å². The van der Waals surface area contributed by atoms with E-state index < -0.39 is 0 Å². The lowest BCUT2D eigenvalue weighted by Gasteiger charge is -2.11. The number of ether oxygens (including phenoxy) is 1. The fourth-order valence-electron chi connectivity index (χ4n) is 3.31. The van der Waals surface area contributed by atoms with Gasteiger partial charge in [-0.1, -0.05) is 66.4 Å². The van der Waals surface area contributed by atoms with Crippen LogP contribution in [0, 0.1) is 6.92 Å². The maximum atomic E-state index is 12.5. The van der Waals surface area contributed by atoms with Crippen molar-refractivity contribution < 1.29 is 9.53 Å². The van der Waals surface area contributed by atoms with Gasteiger partial charge in [-0.3, -0.25) is 9.36 Å². The molecule has 0 unspecified atom stereocenters. The molecule has 4 rings (SSSR count). The molecule has 7 heteroatoms. The Morgan fingerprint density at radius 3 is 2.56 bits per heavy atom. The van der Waals surface area contributed by atoms with Crippen molar-refractivity contribution in [3.63, 3.8) is 0 Å². The van der Waals surface area contributed by atoms with Crippen LogP contribution in [0.25, 0.3) is 17.1 Å². The van der Waals surface area contributed by atoms with Gasteiger partial charge in [-0.05, 0) is 42.3 Å². The molecule has 1 aromatic heterocycles. The number of rotatable bonds is 8. The summed E-state index contributed by atoms with van der Waals surface area (Å²) in [5.41, 5.74) is 4.08. The highest BCUT2D eigenvalue weighted by atomic mass is 32.2. The van der Waals surface area contributed by atoms with Gasteiger partial charge in [0.2, 0.25) is 5.91 Å². The minimum absolute atomic E-state index is 0.0520. The zero-order chi connectivity index (χ0) is 22.3. The largest absolute Gasteiger partial charge is 0.497 e. The van der Waals surface area contributed by atoms with Gasteiger partial charge in [-0.25, -0.2) is 0 Å². The lowest BCUT2D eigenvalue weighted by Crippen LogP contribution is -2.25. The molecule has 1 heterocycles. The van der Waals surface area contributed by atoms with Crippen molar-refractivity contribution >= 4 is 17.7 Å². The van der Waals surface area contributed by atoms with Crippen LogP contribution in [0.15, 0.2) is 84.0 Å². The molecule has 4 aromatic rings. The van der Waals surface area contributed by atoms with Crippen molar-refractivity contribution in [3.05, 3.63) is 90.0 Å². The first-order valence-electron chi connectivity index (χ1n) is 10.2. The Morgan fingerprint density at radius 1 is 1.00 bits per heavy atom. The van der Waals surface area contributed by atoms with E-state index in [2.05, 4.69) is 15.5 Å². The second kappa shape index (κ2) is 10.2. The van der Waals surface area contributed by atoms with Crippen LogP contribution in [0.4, 0.5) is 0 Å². The standard InChI is InChI=1S/C25H24N4O2S/c1-18-9-6-7-10-20(18)16-26-23(30)17-32-25-28-27-24(19-11-8-14-22(15-19)31-2)29(25)21-12-4-3-5-13-21/h3-15H,16-17H2,1-2H3,(H,26,30). The van der Waals surface area contributed by atoms with Crippen LogP contribution in [0.1, 0.15) is 11.1 Å². The summed E-state index contributed by atoms with van der Waals surface area (Å²) in [6.07, 6.45) is 0. The maximum absolute atomic E-state index is 12.5. The van der Waals surface area contributed by atoms with Crippen molar-refractivity contribution in [3.8, 4) is 22.8 Å². The van der Waals surface area contributed by atoms with Crippen molar-refractivity contribution in [1.29, 1.82) is 0 Å². The minimum atomic E-state index is -0.0520. The molecular weight excluding hydrogens is 420 g/mol. The summed E-state index contributed by atoms with van der Waals surface area (Å²) in [6.45, 7) is 2.55. The lowest BCUT2D eigenvalue weighted by atomic mass is 10.1. The fraction of sp³-hybridized carbons (Fsp3) is 0.160. The van der Waals surface area contributed by atoms with Crippen molar-refractivity contribution in [1.82, 2.24) is 20.1 Å². The second-order valence-electron chi connectivity index (χ2n) is 7.20. The molecule has 0 aliphatic rings. The zero-order valence-corrected chi connectivity index (χ0v) is 18.8. The van der Waals surface area contributed by atoms with Gasteiger partial charge in [0.1, 0.15) is 5.75 Å². The summed E-state index contributed by atoms with van der Waals surface area (Å²) >= 11 is 1.36. The number of thioether (sulfide) groups is 1. The van der Waals surface area contributed by atoms with Crippen LogP contribution in [-0.2, 0) is 11.3 Å². The first-order valence-corrected chi connectivity index (χ1v) is 11.2. The number of methoxy groups -OCH3 is 1. The van der Waals surface area contributed by atoms with E-state index in [1.165, 1.54) is 11.8 Å². The van der Waals surface area contributed by atoms with Crippen LogP contribution in [0.3, 0.4) is 0 Å².